The van der Waals surface area contributed by atoms with Crippen molar-refractivity contribution in [2.24, 2.45) is 0 Å². The number of halogens is 3. The third kappa shape index (κ3) is 3.77. The van der Waals surface area contributed by atoms with Gasteiger partial charge in [0, 0.05) is 43.8 Å². The molecular weight excluding hydrogens is 344 g/mol. The summed E-state index contributed by atoms with van der Waals surface area (Å²) in [6, 6.07) is 8.11. The maximum Gasteiger partial charge on any atom is 0.261 e. The summed E-state index contributed by atoms with van der Waals surface area (Å²) < 4.78 is 26.7. The third-order valence-corrected chi connectivity index (χ3v) is 5.22. The highest BCUT2D eigenvalue weighted by molar-refractivity contribution is 6.30. The van der Waals surface area contributed by atoms with Crippen LogP contribution in [0.2, 0.25) is 5.02 Å². The highest BCUT2D eigenvalue weighted by atomic mass is 35.5. The van der Waals surface area contributed by atoms with Crippen molar-refractivity contribution in [2.75, 3.05) is 24.5 Å². The van der Waals surface area contributed by atoms with Crippen LogP contribution < -0.4 is 4.90 Å². The standard InChI is InChI=1S/C19H20ClF2N3/c20-17-2-1-16-12-25(5-3-15(16)8-17)18-7-14(9-23-10-18)11-24-6-4-19(21,22)13-24/h1-2,7-10H,3-6,11-13H2. The Morgan fingerprint density at radius 3 is 2.80 bits per heavy atom. The van der Waals surface area contributed by atoms with E-state index in [0.29, 0.717) is 13.1 Å². The number of alkyl halides is 2. The summed E-state index contributed by atoms with van der Waals surface area (Å²) in [6.45, 7) is 2.53. The fourth-order valence-electron chi connectivity index (χ4n) is 3.68. The first-order chi connectivity index (χ1) is 12.0. The van der Waals surface area contributed by atoms with Crippen molar-refractivity contribution in [1.29, 1.82) is 0 Å². The summed E-state index contributed by atoms with van der Waals surface area (Å²) in [5.41, 5.74) is 4.61. The van der Waals surface area contributed by atoms with E-state index in [1.165, 1.54) is 11.1 Å². The topological polar surface area (TPSA) is 19.4 Å². The van der Waals surface area contributed by atoms with Crippen LogP contribution in [0.5, 0.6) is 0 Å². The summed E-state index contributed by atoms with van der Waals surface area (Å²) in [5, 5.41) is 0.776. The van der Waals surface area contributed by atoms with Crippen LogP contribution in [0.1, 0.15) is 23.1 Å². The van der Waals surface area contributed by atoms with E-state index >= 15 is 0 Å². The molecule has 0 bridgehead atoms. The lowest BCUT2D eigenvalue weighted by molar-refractivity contribution is 0.0115. The van der Waals surface area contributed by atoms with E-state index < -0.39 is 5.92 Å². The van der Waals surface area contributed by atoms with E-state index in [9.17, 15) is 8.78 Å². The van der Waals surface area contributed by atoms with Gasteiger partial charge in [-0.3, -0.25) is 9.88 Å². The molecular formula is C19H20ClF2N3. The molecule has 25 heavy (non-hydrogen) atoms. The smallest absolute Gasteiger partial charge is 0.261 e. The molecule has 2 aliphatic heterocycles. The minimum atomic E-state index is -2.55. The predicted octanol–water partition coefficient (Wildman–Crippen LogP) is 4.14. The Kier molecular flexibility index (Phi) is 4.38. The molecule has 4 rings (SSSR count). The Morgan fingerprint density at radius 2 is 2.00 bits per heavy atom. The maximum absolute atomic E-state index is 13.4. The Labute approximate surface area is 151 Å². The molecule has 132 valence electrons. The van der Waals surface area contributed by atoms with E-state index in [2.05, 4.69) is 22.0 Å². The van der Waals surface area contributed by atoms with Crippen molar-refractivity contribution < 1.29 is 8.78 Å². The molecule has 3 nitrogen and oxygen atoms in total. The van der Waals surface area contributed by atoms with Crippen LogP contribution >= 0.6 is 11.6 Å². The van der Waals surface area contributed by atoms with Crippen molar-refractivity contribution >= 4 is 17.3 Å². The fourth-order valence-corrected chi connectivity index (χ4v) is 3.87. The Bertz CT molecular complexity index is 781. The van der Waals surface area contributed by atoms with Crippen molar-refractivity contribution in [2.45, 2.75) is 31.9 Å². The minimum absolute atomic E-state index is 0.0500. The summed E-state index contributed by atoms with van der Waals surface area (Å²) >= 11 is 6.07. The van der Waals surface area contributed by atoms with Gasteiger partial charge in [-0.15, -0.1) is 0 Å². The average Bonchev–Trinajstić information content (AvgIpc) is 2.93. The molecule has 0 spiro atoms. The van der Waals surface area contributed by atoms with Gasteiger partial charge in [0.15, 0.2) is 0 Å². The maximum atomic E-state index is 13.4. The Hall–Kier alpha value is -1.72. The van der Waals surface area contributed by atoms with E-state index in [0.717, 1.165) is 35.8 Å². The molecule has 1 aromatic heterocycles. The van der Waals surface area contributed by atoms with Crippen LogP contribution in [-0.4, -0.2) is 35.4 Å². The first kappa shape index (κ1) is 16.7. The van der Waals surface area contributed by atoms with Crippen LogP contribution in [0, 0.1) is 0 Å². The molecule has 0 aliphatic carbocycles. The number of aromatic nitrogens is 1. The number of hydrogen-bond acceptors (Lipinski definition) is 3. The van der Waals surface area contributed by atoms with Gasteiger partial charge in [0.2, 0.25) is 0 Å². The third-order valence-electron chi connectivity index (χ3n) is 4.98. The van der Waals surface area contributed by atoms with Gasteiger partial charge in [0.1, 0.15) is 0 Å². The number of rotatable bonds is 3. The molecule has 1 saturated heterocycles. The van der Waals surface area contributed by atoms with Gasteiger partial charge in [0.05, 0.1) is 18.4 Å². The predicted molar refractivity (Wildman–Crippen MR) is 95.3 cm³/mol. The van der Waals surface area contributed by atoms with Crippen LogP contribution in [0.15, 0.2) is 36.7 Å². The zero-order chi connectivity index (χ0) is 17.4. The Balaban J connectivity index is 1.47. The zero-order valence-corrected chi connectivity index (χ0v) is 14.6. The number of fused-ring (bicyclic) bond motifs is 1. The normalized spacial score (nSPS) is 19.9. The minimum Gasteiger partial charge on any atom is -0.366 e. The quantitative estimate of drug-likeness (QED) is 0.817. The van der Waals surface area contributed by atoms with Crippen molar-refractivity contribution in [1.82, 2.24) is 9.88 Å². The van der Waals surface area contributed by atoms with Gasteiger partial charge in [0.25, 0.3) is 5.92 Å². The van der Waals surface area contributed by atoms with Crippen LogP contribution in [0.4, 0.5) is 14.5 Å². The lowest BCUT2D eigenvalue weighted by Gasteiger charge is -2.31. The van der Waals surface area contributed by atoms with Crippen LogP contribution in [0.3, 0.4) is 0 Å². The molecule has 0 N–H and O–H groups in total. The van der Waals surface area contributed by atoms with E-state index in [1.807, 2.05) is 18.3 Å². The summed E-state index contributed by atoms with van der Waals surface area (Å²) in [4.78, 5) is 8.41. The first-order valence-electron chi connectivity index (χ1n) is 8.55. The average molecular weight is 364 g/mol. The molecule has 0 radical (unpaired) electrons. The molecule has 1 aromatic carbocycles. The first-order valence-corrected chi connectivity index (χ1v) is 8.93. The van der Waals surface area contributed by atoms with Crippen molar-refractivity contribution in [3.63, 3.8) is 0 Å². The molecule has 6 heteroatoms. The van der Waals surface area contributed by atoms with Gasteiger partial charge in [-0.1, -0.05) is 17.7 Å². The Morgan fingerprint density at radius 1 is 1.12 bits per heavy atom. The summed E-state index contributed by atoms with van der Waals surface area (Å²) in [5.74, 6) is -2.55. The van der Waals surface area contributed by atoms with Crippen LogP contribution in [-0.2, 0) is 19.5 Å². The van der Waals surface area contributed by atoms with Gasteiger partial charge in [-0.2, -0.15) is 0 Å². The molecule has 1 fully saturated rings. The molecule has 0 unspecified atom stereocenters. The highest BCUT2D eigenvalue weighted by Crippen LogP contribution is 2.29. The van der Waals surface area contributed by atoms with Gasteiger partial charge >= 0.3 is 0 Å². The van der Waals surface area contributed by atoms with Crippen LogP contribution in [0.25, 0.3) is 0 Å². The fraction of sp³-hybridized carbons (Fsp3) is 0.421. The number of benzene rings is 1. The molecule has 0 saturated carbocycles. The number of pyridine rings is 1. The number of likely N-dealkylation sites (tertiary alicyclic amines) is 1. The summed E-state index contributed by atoms with van der Waals surface area (Å²) in [7, 11) is 0. The second kappa shape index (κ2) is 6.54. The number of hydrogen-bond donors (Lipinski definition) is 0. The number of anilines is 1. The highest BCUT2D eigenvalue weighted by Gasteiger charge is 2.37. The largest absolute Gasteiger partial charge is 0.366 e. The lowest BCUT2D eigenvalue weighted by Crippen LogP contribution is -2.30. The number of nitrogens with zero attached hydrogens (tertiary/aromatic N) is 3. The van der Waals surface area contributed by atoms with E-state index in [1.54, 1.807) is 11.1 Å². The SMILES string of the molecule is FC1(F)CCN(Cc2cncc(N3CCc4cc(Cl)ccc4C3)c2)C1. The molecule has 3 heterocycles. The molecule has 2 aromatic rings. The monoisotopic (exact) mass is 363 g/mol. The lowest BCUT2D eigenvalue weighted by atomic mass is 9.99. The van der Waals surface area contributed by atoms with Gasteiger partial charge < -0.3 is 4.90 Å². The molecule has 2 aliphatic rings. The van der Waals surface area contributed by atoms with Crippen molar-refractivity contribution in [3.05, 3.63) is 58.4 Å². The van der Waals surface area contributed by atoms with E-state index in [-0.39, 0.29) is 13.0 Å². The molecule has 0 amide bonds. The second-order valence-electron chi connectivity index (χ2n) is 6.95. The molecule has 0 atom stereocenters. The second-order valence-corrected chi connectivity index (χ2v) is 7.39. The summed E-state index contributed by atoms with van der Waals surface area (Å²) in [6.07, 6.45) is 4.52. The zero-order valence-electron chi connectivity index (χ0n) is 13.9. The van der Waals surface area contributed by atoms with Gasteiger partial charge in [-0.25, -0.2) is 8.78 Å². The van der Waals surface area contributed by atoms with E-state index in [4.69, 9.17) is 11.6 Å². The van der Waals surface area contributed by atoms with Gasteiger partial charge in [-0.05, 0) is 41.3 Å². The van der Waals surface area contributed by atoms with Crippen molar-refractivity contribution in [3.8, 4) is 0 Å².